The molecule has 0 saturated carbocycles. The molecule has 8 heteroatoms. The molecule has 0 radical (unpaired) electrons. The molecule has 2 rings (SSSR count). The molecular weight excluding hydrogens is 360 g/mol. The molecule has 5 amide bonds. The van der Waals surface area contributed by atoms with Crippen LogP contribution < -0.4 is 10.6 Å². The Kier molecular flexibility index (Phi) is 6.77. The Morgan fingerprint density at radius 2 is 1.86 bits per heavy atom. The number of hydrogen-bond donors (Lipinski definition) is 2. The van der Waals surface area contributed by atoms with Gasteiger partial charge in [0.2, 0.25) is 11.8 Å². The van der Waals surface area contributed by atoms with E-state index in [1.807, 2.05) is 44.2 Å². The van der Waals surface area contributed by atoms with Crippen LogP contribution in [0, 0.1) is 0 Å². The topological polar surface area (TPSA) is 98.8 Å². The van der Waals surface area contributed by atoms with Crippen molar-refractivity contribution >= 4 is 23.8 Å². The van der Waals surface area contributed by atoms with E-state index >= 15 is 0 Å². The number of rotatable bonds is 8. The summed E-state index contributed by atoms with van der Waals surface area (Å²) in [5.74, 6) is -1.20. The molecule has 1 fully saturated rings. The fraction of sp³-hybridized carbons (Fsp3) is 0.500. The summed E-state index contributed by atoms with van der Waals surface area (Å²) >= 11 is 0. The lowest BCUT2D eigenvalue weighted by Gasteiger charge is -2.23. The van der Waals surface area contributed by atoms with E-state index in [0.717, 1.165) is 10.5 Å². The van der Waals surface area contributed by atoms with Crippen LogP contribution in [0.4, 0.5) is 4.79 Å². The molecule has 1 aromatic rings. The van der Waals surface area contributed by atoms with Gasteiger partial charge in [0.1, 0.15) is 12.1 Å². The number of aryl methyl sites for hydroxylation is 1. The first kappa shape index (κ1) is 21.4. The van der Waals surface area contributed by atoms with Gasteiger partial charge in [-0.05, 0) is 39.2 Å². The van der Waals surface area contributed by atoms with Gasteiger partial charge in [0.15, 0.2) is 0 Å². The van der Waals surface area contributed by atoms with E-state index in [1.54, 1.807) is 6.92 Å². The van der Waals surface area contributed by atoms with Crippen molar-refractivity contribution in [3.8, 4) is 0 Å². The first-order valence-electron chi connectivity index (χ1n) is 9.34. The minimum atomic E-state index is -1.05. The van der Waals surface area contributed by atoms with Crippen molar-refractivity contribution in [2.24, 2.45) is 0 Å². The highest BCUT2D eigenvalue weighted by Gasteiger charge is 2.48. The summed E-state index contributed by atoms with van der Waals surface area (Å²) in [5, 5.41) is 5.39. The van der Waals surface area contributed by atoms with Crippen molar-refractivity contribution < 1.29 is 19.2 Å². The zero-order valence-electron chi connectivity index (χ0n) is 16.8. The fourth-order valence-corrected chi connectivity index (χ4v) is 3.03. The van der Waals surface area contributed by atoms with Crippen LogP contribution in [-0.2, 0) is 20.8 Å². The lowest BCUT2D eigenvalue weighted by Crippen LogP contribution is -2.47. The van der Waals surface area contributed by atoms with Gasteiger partial charge in [0.05, 0.1) is 6.54 Å². The number of nitrogens with zero attached hydrogens (tertiary/aromatic N) is 2. The van der Waals surface area contributed by atoms with Crippen LogP contribution in [0.3, 0.4) is 0 Å². The maximum Gasteiger partial charge on any atom is 0.325 e. The third kappa shape index (κ3) is 5.31. The number of urea groups is 1. The number of carbonyl (C=O) groups excluding carboxylic acids is 4. The predicted octanol–water partition coefficient (Wildman–Crippen LogP) is 0.913. The van der Waals surface area contributed by atoms with E-state index in [0.29, 0.717) is 12.8 Å². The van der Waals surface area contributed by atoms with Crippen LogP contribution in [0.1, 0.15) is 32.8 Å². The second-order valence-electron chi connectivity index (χ2n) is 7.61. The van der Waals surface area contributed by atoms with E-state index in [1.165, 1.54) is 11.9 Å². The molecule has 28 heavy (non-hydrogen) atoms. The molecule has 0 spiro atoms. The molecule has 1 aliphatic heterocycles. The van der Waals surface area contributed by atoms with Crippen molar-refractivity contribution in [2.45, 2.75) is 45.2 Å². The minimum absolute atomic E-state index is 0.0349. The monoisotopic (exact) mass is 388 g/mol. The summed E-state index contributed by atoms with van der Waals surface area (Å²) < 4.78 is 0. The Labute approximate surface area is 165 Å². The Morgan fingerprint density at radius 3 is 2.46 bits per heavy atom. The van der Waals surface area contributed by atoms with E-state index in [2.05, 4.69) is 10.6 Å². The molecule has 1 aromatic carbocycles. The average molecular weight is 388 g/mol. The van der Waals surface area contributed by atoms with Gasteiger partial charge in [-0.1, -0.05) is 30.3 Å². The molecule has 1 heterocycles. The lowest BCUT2D eigenvalue weighted by atomic mass is 9.93. The van der Waals surface area contributed by atoms with Crippen LogP contribution in [0.2, 0.25) is 0 Å². The summed E-state index contributed by atoms with van der Waals surface area (Å²) in [5.41, 5.74) is 0.0112. The van der Waals surface area contributed by atoms with Gasteiger partial charge >= 0.3 is 6.03 Å². The molecule has 0 aliphatic carbocycles. The molecule has 1 saturated heterocycles. The first-order chi connectivity index (χ1) is 13.1. The smallest absolute Gasteiger partial charge is 0.325 e. The third-order valence-corrected chi connectivity index (χ3v) is 4.65. The summed E-state index contributed by atoms with van der Waals surface area (Å²) in [6.45, 7) is 4.79. The zero-order chi connectivity index (χ0) is 20.9. The highest BCUT2D eigenvalue weighted by Crippen LogP contribution is 2.23. The number of likely N-dealkylation sites (N-methyl/N-ethyl adjacent to an activating group) is 1. The standard InChI is InChI=1S/C20H28N4O4/c1-14(2)21-16(25)12-23(4)17(26)13-24-18(27)20(3,22-19(24)28)11-10-15-8-6-5-7-9-15/h5-9,14H,10-13H2,1-4H3,(H,21,25)(H,22,28)/t20-/m1/s1. The number of imide groups is 1. The molecular formula is C20H28N4O4. The lowest BCUT2D eigenvalue weighted by molar-refractivity contribution is -0.139. The second-order valence-corrected chi connectivity index (χ2v) is 7.61. The van der Waals surface area contributed by atoms with Crippen LogP contribution in [0.15, 0.2) is 30.3 Å². The Bertz CT molecular complexity index is 750. The number of hydrogen-bond acceptors (Lipinski definition) is 4. The summed E-state index contributed by atoms with van der Waals surface area (Å²) in [6.07, 6.45) is 1.05. The van der Waals surface area contributed by atoms with Crippen LogP contribution in [-0.4, -0.2) is 65.3 Å². The number of amides is 5. The zero-order valence-corrected chi connectivity index (χ0v) is 16.8. The van der Waals surface area contributed by atoms with Gasteiger partial charge < -0.3 is 15.5 Å². The number of benzene rings is 1. The van der Waals surface area contributed by atoms with Gasteiger partial charge in [-0.25, -0.2) is 4.79 Å². The average Bonchev–Trinajstić information content (AvgIpc) is 2.83. The molecule has 2 N–H and O–H groups in total. The SMILES string of the molecule is CC(C)NC(=O)CN(C)C(=O)CN1C(=O)N[C@](C)(CCc2ccccc2)C1=O. The van der Waals surface area contributed by atoms with Crippen molar-refractivity contribution in [2.75, 3.05) is 20.1 Å². The number of nitrogens with one attached hydrogen (secondary N) is 2. The van der Waals surface area contributed by atoms with Crippen LogP contribution in [0.5, 0.6) is 0 Å². The predicted molar refractivity (Wildman–Crippen MR) is 104 cm³/mol. The molecule has 152 valence electrons. The number of carbonyl (C=O) groups is 4. The quantitative estimate of drug-likeness (QED) is 0.647. The molecule has 0 unspecified atom stereocenters. The maximum absolute atomic E-state index is 12.8. The third-order valence-electron chi connectivity index (χ3n) is 4.65. The second kappa shape index (κ2) is 8.86. The highest BCUT2D eigenvalue weighted by atomic mass is 16.2. The maximum atomic E-state index is 12.8. The van der Waals surface area contributed by atoms with Crippen LogP contribution >= 0.6 is 0 Å². The van der Waals surface area contributed by atoms with E-state index in [4.69, 9.17) is 0 Å². The molecule has 0 aromatic heterocycles. The van der Waals surface area contributed by atoms with E-state index in [-0.39, 0.29) is 18.5 Å². The molecule has 1 aliphatic rings. The van der Waals surface area contributed by atoms with Gasteiger partial charge in [-0.3, -0.25) is 19.3 Å². The van der Waals surface area contributed by atoms with E-state index < -0.39 is 29.9 Å². The summed E-state index contributed by atoms with van der Waals surface area (Å²) in [7, 11) is 1.47. The largest absolute Gasteiger partial charge is 0.352 e. The van der Waals surface area contributed by atoms with Crippen molar-refractivity contribution in [1.29, 1.82) is 0 Å². The van der Waals surface area contributed by atoms with Crippen LogP contribution in [0.25, 0.3) is 0 Å². The van der Waals surface area contributed by atoms with E-state index in [9.17, 15) is 19.2 Å². The van der Waals surface area contributed by atoms with Crippen molar-refractivity contribution in [3.63, 3.8) is 0 Å². The van der Waals surface area contributed by atoms with Gasteiger partial charge in [0.25, 0.3) is 5.91 Å². The molecule has 8 nitrogen and oxygen atoms in total. The van der Waals surface area contributed by atoms with Gasteiger partial charge in [0, 0.05) is 13.1 Å². The molecule has 1 atom stereocenters. The minimum Gasteiger partial charge on any atom is -0.352 e. The highest BCUT2D eigenvalue weighted by molar-refractivity contribution is 6.08. The van der Waals surface area contributed by atoms with Crippen molar-refractivity contribution in [3.05, 3.63) is 35.9 Å². The summed E-state index contributed by atoms with van der Waals surface area (Å²) in [4.78, 5) is 51.4. The molecule has 0 bridgehead atoms. The Morgan fingerprint density at radius 1 is 1.21 bits per heavy atom. The first-order valence-corrected chi connectivity index (χ1v) is 9.34. The Hall–Kier alpha value is -2.90. The van der Waals surface area contributed by atoms with Crippen molar-refractivity contribution in [1.82, 2.24) is 20.4 Å². The van der Waals surface area contributed by atoms with Gasteiger partial charge in [-0.2, -0.15) is 0 Å². The normalized spacial score (nSPS) is 19.0. The Balaban J connectivity index is 1.95. The van der Waals surface area contributed by atoms with Gasteiger partial charge in [-0.15, -0.1) is 0 Å². The summed E-state index contributed by atoms with van der Waals surface area (Å²) in [6, 6.07) is 9.05. The fourth-order valence-electron chi connectivity index (χ4n) is 3.03.